The molecule has 208 valence electrons. The largest absolute Gasteiger partial charge is 0.372 e. The molecule has 0 saturated carbocycles. The minimum atomic E-state index is 0.766. The monoisotopic (exact) mass is 539 g/mol. The molecule has 0 unspecified atom stereocenters. The van der Waals surface area contributed by atoms with Gasteiger partial charge >= 0.3 is 0 Å². The smallest absolute Gasteiger partial charge is 0.0603 e. The molecule has 0 spiro atoms. The number of aromatic nitrogens is 2. The summed E-state index contributed by atoms with van der Waals surface area (Å²) in [6.45, 7) is 17.5. The minimum Gasteiger partial charge on any atom is -0.372 e. The van der Waals surface area contributed by atoms with Gasteiger partial charge in [0, 0.05) is 47.4 Å². The van der Waals surface area contributed by atoms with Crippen molar-refractivity contribution in [3.63, 3.8) is 0 Å². The highest BCUT2D eigenvalue weighted by Gasteiger charge is 2.17. The summed E-state index contributed by atoms with van der Waals surface area (Å²) in [5.41, 5.74) is 12.8. The van der Waals surface area contributed by atoms with Gasteiger partial charge in [0.2, 0.25) is 0 Å². The van der Waals surface area contributed by atoms with Crippen LogP contribution in [-0.2, 0) is 12.8 Å². The van der Waals surface area contributed by atoms with Gasteiger partial charge in [0.25, 0.3) is 0 Å². The molecule has 3 aromatic heterocycles. The fourth-order valence-electron chi connectivity index (χ4n) is 5.79. The van der Waals surface area contributed by atoms with E-state index >= 15 is 0 Å². The van der Waals surface area contributed by atoms with Crippen LogP contribution in [0.25, 0.3) is 22.2 Å². The van der Waals surface area contributed by atoms with E-state index in [0.717, 1.165) is 72.5 Å². The summed E-state index contributed by atoms with van der Waals surface area (Å²) >= 11 is 0. The fourth-order valence-corrected chi connectivity index (χ4v) is 5.79. The lowest BCUT2D eigenvalue weighted by atomic mass is 9.94. The number of hydrogen-bond acceptors (Lipinski definition) is 2. The molecule has 0 amide bonds. The predicted octanol–water partition coefficient (Wildman–Crippen LogP) is 9.28. The van der Waals surface area contributed by atoms with E-state index in [1.165, 1.54) is 27.9 Å². The zero-order valence-corrected chi connectivity index (χ0v) is 24.7. The van der Waals surface area contributed by atoms with Crippen molar-refractivity contribution in [3.05, 3.63) is 144 Å². The van der Waals surface area contributed by atoms with Crippen molar-refractivity contribution in [1.29, 1.82) is 0 Å². The van der Waals surface area contributed by atoms with Gasteiger partial charge in [-0.05, 0) is 110 Å². The van der Waals surface area contributed by atoms with Crippen molar-refractivity contribution in [2.24, 2.45) is 0 Å². The highest BCUT2D eigenvalue weighted by Crippen LogP contribution is 2.35. The summed E-state index contributed by atoms with van der Waals surface area (Å²) in [5, 5.41) is 0. The first-order valence-corrected chi connectivity index (χ1v) is 14.7. The molecule has 0 aliphatic rings. The summed E-state index contributed by atoms with van der Waals surface area (Å²) in [7, 11) is 0. The van der Waals surface area contributed by atoms with Crippen molar-refractivity contribution in [3.8, 4) is 11.1 Å². The Hall–Kier alpha value is -4.37. The number of aryl methyl sites for hydroxylation is 3. The standard InChI is InChI=1S/C38H41N3/c1-6-21-40(22-12-13-33-25-29(3)39-30(4)26-33)35-19-17-32(18-20-35)24-28(2)31(5)38-37(34-14-8-7-9-15-34)27-36-16-10-11-23-41(36)38/h7-11,14-20,23,25-27H,2,5-6,12-13,21-22,24H2,1,3-4H3. The first-order valence-electron chi connectivity index (χ1n) is 14.7. The SMILES string of the molecule is C=C(Cc1ccc(N(CCC)CCCc2cc(C)nc(C)c2)cc1)C(=C)c1c(-c2ccccc2)cc2ccccn12. The number of benzene rings is 2. The summed E-state index contributed by atoms with van der Waals surface area (Å²) < 4.78 is 2.23. The maximum Gasteiger partial charge on any atom is 0.0603 e. The van der Waals surface area contributed by atoms with E-state index in [1.54, 1.807) is 0 Å². The Balaban J connectivity index is 1.28. The molecule has 5 rings (SSSR count). The second-order valence-electron chi connectivity index (χ2n) is 11.0. The average molecular weight is 540 g/mol. The van der Waals surface area contributed by atoms with Crippen LogP contribution in [0.15, 0.2) is 116 Å². The van der Waals surface area contributed by atoms with Crippen molar-refractivity contribution in [2.75, 3.05) is 18.0 Å². The molecule has 3 nitrogen and oxygen atoms in total. The van der Waals surface area contributed by atoms with Crippen molar-refractivity contribution in [1.82, 2.24) is 9.38 Å². The zero-order chi connectivity index (χ0) is 28.8. The zero-order valence-electron chi connectivity index (χ0n) is 24.7. The van der Waals surface area contributed by atoms with Gasteiger partial charge in [0.1, 0.15) is 0 Å². The van der Waals surface area contributed by atoms with E-state index in [4.69, 9.17) is 0 Å². The second-order valence-corrected chi connectivity index (χ2v) is 11.0. The molecule has 0 bridgehead atoms. The first-order chi connectivity index (χ1) is 19.9. The Kier molecular flexibility index (Phi) is 8.84. The summed E-state index contributed by atoms with van der Waals surface area (Å²) in [5.74, 6) is 0. The van der Waals surface area contributed by atoms with Crippen LogP contribution in [0.5, 0.6) is 0 Å². The second kappa shape index (κ2) is 12.9. The summed E-state index contributed by atoms with van der Waals surface area (Å²) in [6.07, 6.45) is 6.20. The van der Waals surface area contributed by atoms with Gasteiger partial charge in [0.15, 0.2) is 0 Å². The van der Waals surface area contributed by atoms with Gasteiger partial charge in [0.05, 0.1) is 5.69 Å². The van der Waals surface area contributed by atoms with Crippen LogP contribution in [0, 0.1) is 13.8 Å². The highest BCUT2D eigenvalue weighted by atomic mass is 15.1. The Bertz CT molecular complexity index is 1620. The number of hydrogen-bond donors (Lipinski definition) is 0. The molecule has 0 atom stereocenters. The molecule has 2 aromatic carbocycles. The molecule has 5 aromatic rings. The molecule has 0 N–H and O–H groups in total. The van der Waals surface area contributed by atoms with Crippen LogP contribution in [0.1, 0.15) is 48.0 Å². The normalized spacial score (nSPS) is 11.1. The van der Waals surface area contributed by atoms with E-state index in [-0.39, 0.29) is 0 Å². The fraction of sp³-hybridized carbons (Fsp3) is 0.237. The molecule has 0 aliphatic heterocycles. The maximum atomic E-state index is 4.54. The number of pyridine rings is 2. The highest BCUT2D eigenvalue weighted by molar-refractivity contribution is 5.89. The van der Waals surface area contributed by atoms with Crippen molar-refractivity contribution >= 4 is 16.8 Å². The molecule has 0 aliphatic carbocycles. The van der Waals surface area contributed by atoms with Crippen molar-refractivity contribution < 1.29 is 0 Å². The lowest BCUT2D eigenvalue weighted by molar-refractivity contribution is 0.713. The molecule has 3 heterocycles. The van der Waals surface area contributed by atoms with E-state index in [1.807, 2.05) is 0 Å². The van der Waals surface area contributed by atoms with Crippen LogP contribution < -0.4 is 4.90 Å². The Morgan fingerprint density at radius 1 is 0.805 bits per heavy atom. The minimum absolute atomic E-state index is 0.766. The van der Waals surface area contributed by atoms with Crippen LogP contribution in [0.3, 0.4) is 0 Å². The maximum absolute atomic E-state index is 4.54. The third kappa shape index (κ3) is 6.69. The van der Waals surface area contributed by atoms with Gasteiger partial charge in [-0.15, -0.1) is 0 Å². The molecular formula is C38H41N3. The van der Waals surface area contributed by atoms with E-state index in [2.05, 4.69) is 145 Å². The first kappa shape index (κ1) is 28.2. The summed E-state index contributed by atoms with van der Waals surface area (Å²) in [6, 6.07) is 32.6. The van der Waals surface area contributed by atoms with E-state index in [0.29, 0.717) is 0 Å². The Labute approximate surface area is 245 Å². The Morgan fingerprint density at radius 3 is 2.22 bits per heavy atom. The number of anilines is 1. The van der Waals surface area contributed by atoms with Crippen LogP contribution in [0.2, 0.25) is 0 Å². The number of fused-ring (bicyclic) bond motifs is 1. The molecule has 3 heteroatoms. The third-order valence-electron chi connectivity index (χ3n) is 7.72. The molecule has 0 radical (unpaired) electrons. The average Bonchev–Trinajstić information content (AvgIpc) is 3.36. The van der Waals surface area contributed by atoms with Crippen LogP contribution in [0.4, 0.5) is 5.69 Å². The van der Waals surface area contributed by atoms with Crippen LogP contribution >= 0.6 is 0 Å². The van der Waals surface area contributed by atoms with Crippen LogP contribution in [-0.4, -0.2) is 22.5 Å². The third-order valence-corrected chi connectivity index (χ3v) is 7.72. The van der Waals surface area contributed by atoms with E-state index in [9.17, 15) is 0 Å². The van der Waals surface area contributed by atoms with Gasteiger partial charge in [-0.25, -0.2) is 0 Å². The Morgan fingerprint density at radius 2 is 1.51 bits per heavy atom. The molecule has 41 heavy (non-hydrogen) atoms. The number of allylic oxidation sites excluding steroid dienone is 2. The molecule has 0 fully saturated rings. The van der Waals surface area contributed by atoms with Gasteiger partial charge in [-0.1, -0.05) is 68.6 Å². The van der Waals surface area contributed by atoms with E-state index < -0.39 is 0 Å². The molecular weight excluding hydrogens is 498 g/mol. The lowest BCUT2D eigenvalue weighted by Crippen LogP contribution is -2.25. The van der Waals surface area contributed by atoms with Gasteiger partial charge in [-0.2, -0.15) is 0 Å². The topological polar surface area (TPSA) is 20.5 Å². The molecule has 0 saturated heterocycles. The summed E-state index contributed by atoms with van der Waals surface area (Å²) in [4.78, 5) is 7.03. The van der Waals surface area contributed by atoms with Crippen molar-refractivity contribution in [2.45, 2.75) is 46.5 Å². The quantitative estimate of drug-likeness (QED) is 0.147. The number of rotatable bonds is 12. The number of nitrogens with zero attached hydrogens (tertiary/aromatic N) is 3. The van der Waals surface area contributed by atoms with Gasteiger partial charge < -0.3 is 9.30 Å². The lowest BCUT2D eigenvalue weighted by Gasteiger charge is -2.25. The predicted molar refractivity (Wildman–Crippen MR) is 176 cm³/mol. The van der Waals surface area contributed by atoms with Gasteiger partial charge in [-0.3, -0.25) is 4.98 Å².